The van der Waals surface area contributed by atoms with Crippen molar-refractivity contribution in [3.05, 3.63) is 53.6 Å². The van der Waals surface area contributed by atoms with E-state index in [0.717, 1.165) is 47.7 Å². The number of methoxy groups -OCH3 is 2. The lowest BCUT2D eigenvalue weighted by Crippen LogP contribution is -2.50. The van der Waals surface area contributed by atoms with E-state index in [1.165, 1.54) is 0 Å². The molecule has 1 amide bonds. The summed E-state index contributed by atoms with van der Waals surface area (Å²) in [5.74, 6) is 0.896. The summed E-state index contributed by atoms with van der Waals surface area (Å²) in [4.78, 5) is 15.1. The minimum absolute atomic E-state index is 0.0936. The first-order valence-electron chi connectivity index (χ1n) is 9.67. The number of ether oxygens (including phenoxy) is 2. The minimum atomic E-state index is -1.12. The maximum atomic E-state index is 13.3. The molecule has 3 atom stereocenters. The summed E-state index contributed by atoms with van der Waals surface area (Å²) in [5.41, 5.74) is 2.76. The van der Waals surface area contributed by atoms with Gasteiger partial charge in [0.2, 0.25) is 0 Å². The van der Waals surface area contributed by atoms with E-state index in [1.807, 2.05) is 42.5 Å². The molecule has 4 rings (SSSR count). The number of hydrogen-bond acceptors (Lipinski definition) is 5. The van der Waals surface area contributed by atoms with Gasteiger partial charge in [-0.25, -0.2) is 0 Å². The van der Waals surface area contributed by atoms with Crippen LogP contribution in [0, 0.1) is 0 Å². The van der Waals surface area contributed by atoms with Gasteiger partial charge >= 0.3 is 0 Å². The van der Waals surface area contributed by atoms with Gasteiger partial charge in [0.15, 0.2) is 0 Å². The van der Waals surface area contributed by atoms with Crippen molar-refractivity contribution in [3.63, 3.8) is 0 Å². The number of aliphatic hydroxyl groups excluding tert-OH is 1. The van der Waals surface area contributed by atoms with Crippen molar-refractivity contribution in [2.24, 2.45) is 0 Å². The number of carbonyl (C=O) groups is 1. The fourth-order valence-electron chi connectivity index (χ4n) is 4.23. The molecule has 0 bridgehead atoms. The Morgan fingerprint density at radius 3 is 2.43 bits per heavy atom. The molecule has 0 saturated carbocycles. The van der Waals surface area contributed by atoms with E-state index >= 15 is 0 Å². The van der Waals surface area contributed by atoms with Crippen LogP contribution in [0.3, 0.4) is 0 Å². The van der Waals surface area contributed by atoms with Crippen LogP contribution >= 0.6 is 0 Å². The van der Waals surface area contributed by atoms with Crippen LogP contribution in [0.15, 0.2) is 42.5 Å². The van der Waals surface area contributed by atoms with E-state index in [1.54, 1.807) is 19.1 Å². The Morgan fingerprint density at radius 1 is 1.07 bits per heavy atom. The number of fused-ring (bicyclic) bond motifs is 1. The van der Waals surface area contributed by atoms with Crippen LogP contribution in [0.4, 0.5) is 5.69 Å². The third-order valence-electron chi connectivity index (χ3n) is 5.75. The zero-order chi connectivity index (χ0) is 19.7. The third-order valence-corrected chi connectivity index (χ3v) is 5.75. The Labute approximate surface area is 165 Å². The quantitative estimate of drug-likeness (QED) is 0.850. The molecule has 2 aromatic carbocycles. The number of amides is 1. The zero-order valence-corrected chi connectivity index (χ0v) is 16.2. The van der Waals surface area contributed by atoms with E-state index in [0.29, 0.717) is 6.42 Å². The van der Waals surface area contributed by atoms with Gasteiger partial charge in [0.1, 0.15) is 17.6 Å². The number of nitrogens with zero attached hydrogens (tertiary/aromatic N) is 1. The second kappa shape index (κ2) is 7.81. The molecule has 0 aliphatic carbocycles. The second-order valence-electron chi connectivity index (χ2n) is 7.34. The van der Waals surface area contributed by atoms with Crippen molar-refractivity contribution in [2.75, 3.05) is 25.7 Å². The summed E-state index contributed by atoms with van der Waals surface area (Å²) in [6, 6.07) is 13.3. The van der Waals surface area contributed by atoms with Crippen LogP contribution in [-0.4, -0.2) is 44.0 Å². The summed E-state index contributed by atoms with van der Waals surface area (Å²) in [5, 5.41) is 14.4. The van der Waals surface area contributed by atoms with Crippen molar-refractivity contribution in [3.8, 4) is 11.5 Å². The highest BCUT2D eigenvalue weighted by Crippen LogP contribution is 2.38. The smallest absolute Gasteiger partial charge is 0.257 e. The lowest BCUT2D eigenvalue weighted by Gasteiger charge is -2.31. The fourth-order valence-corrected chi connectivity index (χ4v) is 4.23. The standard InChI is InChI=1S/C22H26N2O4/c1-27-16-7-5-14(6-8-16)18-13-15-12-17(28-2)9-10-19(15)24(22(26)21(18)25)20-4-3-11-23-20/h5-10,12,18,20-21,23,25H,3-4,11,13H2,1-2H3/t18-,20+,21+/m0/s1. The number of aliphatic hydroxyl groups is 1. The van der Waals surface area contributed by atoms with E-state index in [-0.39, 0.29) is 18.0 Å². The maximum Gasteiger partial charge on any atom is 0.257 e. The molecule has 28 heavy (non-hydrogen) atoms. The van der Waals surface area contributed by atoms with Crippen molar-refractivity contribution in [1.82, 2.24) is 5.32 Å². The second-order valence-corrected chi connectivity index (χ2v) is 7.34. The van der Waals surface area contributed by atoms with Gasteiger partial charge < -0.3 is 14.6 Å². The summed E-state index contributed by atoms with van der Waals surface area (Å²) in [6.07, 6.45) is 1.22. The normalized spacial score (nSPS) is 24.6. The Balaban J connectivity index is 1.78. The molecule has 2 heterocycles. The van der Waals surface area contributed by atoms with E-state index in [2.05, 4.69) is 5.32 Å². The van der Waals surface area contributed by atoms with E-state index < -0.39 is 6.10 Å². The lowest BCUT2D eigenvalue weighted by molar-refractivity contribution is -0.128. The number of hydrogen-bond donors (Lipinski definition) is 2. The topological polar surface area (TPSA) is 71.0 Å². The molecule has 2 aliphatic rings. The predicted molar refractivity (Wildman–Crippen MR) is 107 cm³/mol. The molecule has 2 aliphatic heterocycles. The highest BCUT2D eigenvalue weighted by molar-refractivity contribution is 5.99. The van der Waals surface area contributed by atoms with Gasteiger partial charge in [-0.15, -0.1) is 0 Å². The van der Waals surface area contributed by atoms with Gasteiger partial charge in [-0.05, 0) is 67.3 Å². The number of rotatable bonds is 4. The summed E-state index contributed by atoms with van der Waals surface area (Å²) < 4.78 is 10.6. The van der Waals surface area contributed by atoms with E-state index in [4.69, 9.17) is 9.47 Å². The molecule has 0 aromatic heterocycles. The first-order valence-corrected chi connectivity index (χ1v) is 9.67. The van der Waals surface area contributed by atoms with Crippen LogP contribution in [0.2, 0.25) is 0 Å². The highest BCUT2D eigenvalue weighted by Gasteiger charge is 2.40. The number of carbonyl (C=O) groups excluding carboxylic acids is 1. The van der Waals surface area contributed by atoms with Gasteiger partial charge in [0.25, 0.3) is 5.91 Å². The molecule has 2 N–H and O–H groups in total. The lowest BCUT2D eigenvalue weighted by atomic mass is 9.87. The molecular weight excluding hydrogens is 356 g/mol. The number of anilines is 1. The molecule has 148 valence electrons. The number of nitrogens with one attached hydrogen (secondary N) is 1. The van der Waals surface area contributed by atoms with Crippen LogP contribution < -0.4 is 19.7 Å². The molecule has 6 heteroatoms. The first-order chi connectivity index (χ1) is 13.6. The minimum Gasteiger partial charge on any atom is -0.497 e. The Bertz CT molecular complexity index is 846. The van der Waals surface area contributed by atoms with Crippen LogP contribution in [0.1, 0.15) is 29.9 Å². The van der Waals surface area contributed by atoms with Crippen molar-refractivity contribution >= 4 is 11.6 Å². The maximum absolute atomic E-state index is 13.3. The predicted octanol–water partition coefficient (Wildman–Crippen LogP) is 2.45. The molecule has 6 nitrogen and oxygen atoms in total. The van der Waals surface area contributed by atoms with Gasteiger partial charge in [-0.2, -0.15) is 0 Å². The van der Waals surface area contributed by atoms with Gasteiger partial charge in [0.05, 0.1) is 20.4 Å². The monoisotopic (exact) mass is 382 g/mol. The molecule has 1 saturated heterocycles. The highest BCUT2D eigenvalue weighted by atomic mass is 16.5. The van der Waals surface area contributed by atoms with Gasteiger partial charge in [-0.1, -0.05) is 12.1 Å². The van der Waals surface area contributed by atoms with Gasteiger partial charge in [0, 0.05) is 11.6 Å². The van der Waals surface area contributed by atoms with Crippen LogP contribution in [0.25, 0.3) is 0 Å². The zero-order valence-electron chi connectivity index (χ0n) is 16.2. The Hall–Kier alpha value is -2.57. The van der Waals surface area contributed by atoms with Crippen molar-refractivity contribution in [1.29, 1.82) is 0 Å². The largest absolute Gasteiger partial charge is 0.497 e. The molecular formula is C22H26N2O4. The number of benzene rings is 2. The molecule has 0 spiro atoms. The molecule has 1 fully saturated rings. The van der Waals surface area contributed by atoms with Crippen molar-refractivity contribution in [2.45, 2.75) is 37.5 Å². The Kier molecular flexibility index (Phi) is 5.24. The van der Waals surface area contributed by atoms with E-state index in [9.17, 15) is 9.90 Å². The Morgan fingerprint density at radius 2 is 1.79 bits per heavy atom. The molecule has 0 radical (unpaired) electrons. The van der Waals surface area contributed by atoms with Crippen molar-refractivity contribution < 1.29 is 19.4 Å². The summed E-state index contributed by atoms with van der Waals surface area (Å²) in [7, 11) is 3.25. The van der Waals surface area contributed by atoms with Crippen LogP contribution in [-0.2, 0) is 11.2 Å². The molecule has 2 aromatic rings. The van der Waals surface area contributed by atoms with Crippen LogP contribution in [0.5, 0.6) is 11.5 Å². The SMILES string of the molecule is COc1ccc([C@@H]2Cc3cc(OC)ccc3N([C@@H]3CCCN3)C(=O)[C@@H]2O)cc1. The summed E-state index contributed by atoms with van der Waals surface area (Å²) >= 11 is 0. The summed E-state index contributed by atoms with van der Waals surface area (Å²) in [6.45, 7) is 0.873. The average Bonchev–Trinajstić information content (AvgIpc) is 3.23. The average molecular weight is 382 g/mol. The third kappa shape index (κ3) is 3.34. The van der Waals surface area contributed by atoms with Gasteiger partial charge in [-0.3, -0.25) is 15.0 Å². The molecule has 0 unspecified atom stereocenters. The fraction of sp³-hybridized carbons (Fsp3) is 0.409. The first kappa shape index (κ1) is 18.8.